The maximum atomic E-state index is 15.3. The maximum Gasteiger partial charge on any atom is 0.237 e. The minimum Gasteiger partial charge on any atom is -0.325 e. The van der Waals surface area contributed by atoms with Gasteiger partial charge >= 0.3 is 0 Å². The van der Waals surface area contributed by atoms with E-state index in [1.165, 1.54) is 6.07 Å². The lowest BCUT2D eigenvalue weighted by Gasteiger charge is -2.47. The van der Waals surface area contributed by atoms with E-state index in [2.05, 4.69) is 10.6 Å². The smallest absolute Gasteiger partial charge is 0.237 e. The van der Waals surface area contributed by atoms with Crippen LogP contribution in [0.2, 0.25) is 10.0 Å². The summed E-state index contributed by atoms with van der Waals surface area (Å²) in [6.07, 6.45) is 5.19. The van der Waals surface area contributed by atoms with Crippen molar-refractivity contribution in [3.63, 3.8) is 0 Å². The largest absolute Gasteiger partial charge is 0.325 e. The highest BCUT2D eigenvalue weighted by Crippen LogP contribution is 2.62. The third-order valence-corrected chi connectivity index (χ3v) is 7.73. The monoisotopic (exact) mass is 446 g/mol. The lowest BCUT2D eigenvalue weighted by Crippen LogP contribution is -2.60. The van der Waals surface area contributed by atoms with Gasteiger partial charge in [-0.05, 0) is 42.2 Å². The summed E-state index contributed by atoms with van der Waals surface area (Å²) in [6.45, 7) is 0. The zero-order valence-electron chi connectivity index (χ0n) is 16.2. The van der Waals surface area contributed by atoms with Crippen molar-refractivity contribution in [1.29, 1.82) is 0 Å². The molecule has 4 nitrogen and oxygen atoms in total. The van der Waals surface area contributed by atoms with Crippen molar-refractivity contribution < 1.29 is 14.0 Å². The first-order valence-corrected chi connectivity index (χ1v) is 11.0. The number of halogens is 3. The van der Waals surface area contributed by atoms with Gasteiger partial charge in [-0.3, -0.25) is 4.79 Å². The van der Waals surface area contributed by atoms with Gasteiger partial charge in [-0.25, -0.2) is 4.39 Å². The summed E-state index contributed by atoms with van der Waals surface area (Å²) in [7, 11) is 0. The fourth-order valence-corrected chi connectivity index (χ4v) is 6.52. The van der Waals surface area contributed by atoms with E-state index in [1.807, 2.05) is 6.07 Å². The van der Waals surface area contributed by atoms with Gasteiger partial charge in [-0.2, -0.15) is 0 Å². The Hall–Kier alpha value is -1.95. The Morgan fingerprint density at radius 1 is 1.10 bits per heavy atom. The van der Waals surface area contributed by atoms with Crippen LogP contribution in [0.25, 0.3) is 0 Å². The highest BCUT2D eigenvalue weighted by atomic mass is 35.5. The van der Waals surface area contributed by atoms with Gasteiger partial charge in [0.1, 0.15) is 17.5 Å². The Balaban J connectivity index is 1.84. The molecule has 2 heterocycles. The molecule has 0 radical (unpaired) electrons. The van der Waals surface area contributed by atoms with E-state index in [0.29, 0.717) is 10.7 Å². The number of rotatable bonds is 2. The van der Waals surface area contributed by atoms with Crippen LogP contribution in [0, 0.1) is 5.82 Å². The quantitative estimate of drug-likeness (QED) is 0.639. The summed E-state index contributed by atoms with van der Waals surface area (Å²) in [5, 5.41) is 6.97. The SMILES string of the molecule is O=C[C@@H]1NC2(CCCCC2)[C@@]2(C(=O)Nc3cc(Cl)ccc32)[C@H]1c1cccc(Cl)c1F. The first-order chi connectivity index (χ1) is 14.4. The van der Waals surface area contributed by atoms with Crippen molar-refractivity contribution in [2.75, 3.05) is 5.32 Å². The number of aldehydes is 1. The molecule has 3 aliphatic rings. The number of fused-ring (bicyclic) bond motifs is 3. The van der Waals surface area contributed by atoms with E-state index in [9.17, 15) is 9.59 Å². The van der Waals surface area contributed by atoms with Crippen LogP contribution >= 0.6 is 23.2 Å². The van der Waals surface area contributed by atoms with E-state index < -0.39 is 28.7 Å². The number of carbonyl (C=O) groups is 2. The van der Waals surface area contributed by atoms with Crippen LogP contribution in [0.4, 0.5) is 10.1 Å². The number of benzene rings is 2. The maximum absolute atomic E-state index is 15.3. The molecular formula is C23H21Cl2FN2O2. The molecule has 2 aromatic rings. The van der Waals surface area contributed by atoms with Crippen LogP contribution in [-0.4, -0.2) is 23.8 Å². The average Bonchev–Trinajstić information content (AvgIpc) is 3.18. The Labute approximate surface area is 184 Å². The van der Waals surface area contributed by atoms with Crippen molar-refractivity contribution >= 4 is 41.1 Å². The predicted molar refractivity (Wildman–Crippen MR) is 115 cm³/mol. The van der Waals surface area contributed by atoms with Crippen LogP contribution in [-0.2, 0) is 15.0 Å². The molecule has 5 rings (SSSR count). The summed E-state index contributed by atoms with van der Waals surface area (Å²) in [6, 6.07) is 9.37. The zero-order valence-corrected chi connectivity index (χ0v) is 17.7. The number of carbonyl (C=O) groups excluding carboxylic acids is 2. The number of anilines is 1. The second kappa shape index (κ2) is 7.04. The topological polar surface area (TPSA) is 58.2 Å². The van der Waals surface area contributed by atoms with E-state index in [4.69, 9.17) is 23.2 Å². The molecule has 1 aliphatic carbocycles. The minimum absolute atomic E-state index is 0.0216. The summed E-state index contributed by atoms with van der Waals surface area (Å²) in [5.41, 5.74) is -0.116. The van der Waals surface area contributed by atoms with Gasteiger partial charge in [0.15, 0.2) is 0 Å². The van der Waals surface area contributed by atoms with Crippen LogP contribution in [0.3, 0.4) is 0 Å². The summed E-state index contributed by atoms with van der Waals surface area (Å²) < 4.78 is 15.3. The van der Waals surface area contributed by atoms with Gasteiger partial charge in [0.2, 0.25) is 5.91 Å². The lowest BCUT2D eigenvalue weighted by atomic mass is 9.55. The van der Waals surface area contributed by atoms with Crippen molar-refractivity contribution in [2.45, 2.75) is 55.0 Å². The molecule has 2 aromatic carbocycles. The lowest BCUT2D eigenvalue weighted by molar-refractivity contribution is -0.124. The third kappa shape index (κ3) is 2.49. The van der Waals surface area contributed by atoms with Crippen molar-refractivity contribution in [2.24, 2.45) is 0 Å². The highest BCUT2D eigenvalue weighted by Gasteiger charge is 2.71. The molecule has 1 saturated carbocycles. The molecule has 1 amide bonds. The highest BCUT2D eigenvalue weighted by molar-refractivity contribution is 6.31. The van der Waals surface area contributed by atoms with Crippen LogP contribution in [0.15, 0.2) is 36.4 Å². The van der Waals surface area contributed by atoms with Gasteiger partial charge in [-0.15, -0.1) is 0 Å². The molecule has 7 heteroatoms. The standard InChI is InChI=1S/C23H21Cl2FN2O2/c24-13-7-8-15-17(11-13)27-21(30)23(15)19(14-5-4-6-16(25)20(14)26)18(12-29)28-22(23)9-2-1-3-10-22/h4-8,11-12,18-19,28H,1-3,9-10H2,(H,27,30)/t18-,19-,23+/m0/s1. The Kier molecular flexibility index (Phi) is 4.69. The fourth-order valence-electron chi connectivity index (χ4n) is 6.17. The minimum atomic E-state index is -1.13. The molecule has 2 aliphatic heterocycles. The molecule has 156 valence electrons. The fraction of sp³-hybridized carbons (Fsp3) is 0.391. The number of hydrogen-bond acceptors (Lipinski definition) is 3. The molecule has 3 atom stereocenters. The molecular weight excluding hydrogens is 426 g/mol. The van der Waals surface area contributed by atoms with E-state index >= 15 is 4.39 Å². The van der Waals surface area contributed by atoms with Crippen molar-refractivity contribution in [3.8, 4) is 0 Å². The van der Waals surface area contributed by atoms with Crippen LogP contribution in [0.1, 0.15) is 49.1 Å². The zero-order chi connectivity index (χ0) is 21.1. The molecule has 0 aromatic heterocycles. The molecule has 0 unspecified atom stereocenters. The molecule has 2 spiro atoms. The molecule has 2 N–H and O–H groups in total. The summed E-state index contributed by atoms with van der Waals surface area (Å²) in [5.74, 6) is -1.53. The van der Waals surface area contributed by atoms with E-state index in [-0.39, 0.29) is 16.5 Å². The molecule has 2 fully saturated rings. The van der Waals surface area contributed by atoms with Gasteiger partial charge in [0.05, 0.1) is 11.1 Å². The Morgan fingerprint density at radius 2 is 1.87 bits per heavy atom. The van der Waals surface area contributed by atoms with E-state index in [0.717, 1.165) is 44.0 Å². The Morgan fingerprint density at radius 3 is 2.60 bits per heavy atom. The summed E-state index contributed by atoms with van der Waals surface area (Å²) >= 11 is 12.3. The first kappa shape index (κ1) is 20.0. The first-order valence-electron chi connectivity index (χ1n) is 10.2. The van der Waals surface area contributed by atoms with Gasteiger partial charge in [-0.1, -0.05) is 60.7 Å². The molecule has 30 heavy (non-hydrogen) atoms. The van der Waals surface area contributed by atoms with Crippen molar-refractivity contribution in [3.05, 3.63) is 63.4 Å². The number of amides is 1. The molecule has 0 bridgehead atoms. The van der Waals surface area contributed by atoms with Crippen LogP contribution in [0.5, 0.6) is 0 Å². The van der Waals surface area contributed by atoms with Crippen LogP contribution < -0.4 is 10.6 Å². The second-order valence-corrected chi connectivity index (χ2v) is 9.37. The van der Waals surface area contributed by atoms with Gasteiger partial charge < -0.3 is 15.4 Å². The predicted octanol–water partition coefficient (Wildman–Crippen LogP) is 4.98. The average molecular weight is 447 g/mol. The second-order valence-electron chi connectivity index (χ2n) is 8.52. The molecule has 1 saturated heterocycles. The number of nitrogens with one attached hydrogen (secondary N) is 2. The summed E-state index contributed by atoms with van der Waals surface area (Å²) in [4.78, 5) is 26.1. The Bertz CT molecular complexity index is 1050. The third-order valence-electron chi connectivity index (χ3n) is 7.21. The normalized spacial score (nSPS) is 29.2. The number of hydrogen-bond donors (Lipinski definition) is 2. The van der Waals surface area contributed by atoms with Gasteiger partial charge in [0, 0.05) is 22.2 Å². The van der Waals surface area contributed by atoms with Gasteiger partial charge in [0.25, 0.3) is 0 Å². The van der Waals surface area contributed by atoms with Crippen molar-refractivity contribution in [1.82, 2.24) is 5.32 Å². The van der Waals surface area contributed by atoms with E-state index in [1.54, 1.807) is 24.3 Å².